The predicted octanol–water partition coefficient (Wildman–Crippen LogP) is 1.20. The first-order valence-electron chi connectivity index (χ1n) is 6.46. The minimum absolute atomic E-state index is 0.0214. The van der Waals surface area contributed by atoms with Gasteiger partial charge in [-0.25, -0.2) is 5.90 Å². The summed E-state index contributed by atoms with van der Waals surface area (Å²) >= 11 is 0. The summed E-state index contributed by atoms with van der Waals surface area (Å²) in [5, 5.41) is 1.11. The number of amides is 1. The predicted molar refractivity (Wildman–Crippen MR) is 72.3 cm³/mol. The van der Waals surface area contributed by atoms with Crippen LogP contribution in [-0.4, -0.2) is 35.0 Å². The lowest BCUT2D eigenvalue weighted by Gasteiger charge is -2.15. The molecular weight excluding hydrogens is 242 g/mol. The Labute approximate surface area is 111 Å². The van der Waals surface area contributed by atoms with E-state index < -0.39 is 0 Å². The summed E-state index contributed by atoms with van der Waals surface area (Å²) in [5.74, 6) is 5.29. The number of nitrogens with two attached hydrogens (primary N) is 1. The number of carbonyl (C=O) groups is 1. The van der Waals surface area contributed by atoms with E-state index in [1.807, 2.05) is 35.4 Å². The third kappa shape index (κ3) is 2.34. The van der Waals surface area contributed by atoms with E-state index in [0.29, 0.717) is 13.0 Å². The number of fused-ring (bicyclic) bond motifs is 1. The summed E-state index contributed by atoms with van der Waals surface area (Å²) in [6.45, 7) is 1.32. The zero-order valence-electron chi connectivity index (χ0n) is 10.6. The highest BCUT2D eigenvalue weighted by Gasteiger charge is 2.26. The monoisotopic (exact) mass is 259 g/mol. The Hall–Kier alpha value is -1.85. The molecule has 2 aromatic rings. The quantitative estimate of drug-likeness (QED) is 0.814. The molecule has 100 valence electrons. The Morgan fingerprint density at radius 1 is 1.47 bits per heavy atom. The van der Waals surface area contributed by atoms with Crippen molar-refractivity contribution in [2.75, 3.05) is 13.1 Å². The van der Waals surface area contributed by atoms with Gasteiger partial charge in [0, 0.05) is 30.2 Å². The van der Waals surface area contributed by atoms with E-state index in [1.165, 1.54) is 0 Å². The molecular formula is C14H17N3O2. The zero-order valence-corrected chi connectivity index (χ0v) is 10.6. The van der Waals surface area contributed by atoms with Gasteiger partial charge in [-0.2, -0.15) is 0 Å². The number of hydrogen-bond donors (Lipinski definition) is 2. The van der Waals surface area contributed by atoms with Gasteiger partial charge in [-0.15, -0.1) is 0 Å². The molecule has 1 aliphatic rings. The molecule has 1 unspecified atom stereocenters. The summed E-state index contributed by atoms with van der Waals surface area (Å²) in [5.41, 5.74) is 2.10. The second-order valence-corrected chi connectivity index (χ2v) is 4.92. The van der Waals surface area contributed by atoms with Crippen LogP contribution in [0.1, 0.15) is 12.0 Å². The molecule has 1 amide bonds. The smallest absolute Gasteiger partial charge is 0.227 e. The molecule has 1 aromatic carbocycles. The average Bonchev–Trinajstić information content (AvgIpc) is 3.06. The fourth-order valence-corrected chi connectivity index (χ4v) is 2.62. The second kappa shape index (κ2) is 5.03. The fourth-order valence-electron chi connectivity index (χ4n) is 2.62. The lowest BCUT2D eigenvalue weighted by Crippen LogP contribution is -2.31. The van der Waals surface area contributed by atoms with E-state index in [1.54, 1.807) is 0 Å². The Balaban J connectivity index is 1.73. The lowest BCUT2D eigenvalue weighted by molar-refractivity contribution is -0.129. The Morgan fingerprint density at radius 3 is 3.11 bits per heavy atom. The Bertz CT molecular complexity index is 593. The normalized spacial score (nSPS) is 19.2. The van der Waals surface area contributed by atoms with Crippen LogP contribution in [0.25, 0.3) is 10.9 Å². The Kier molecular flexibility index (Phi) is 3.23. The number of para-hydroxylation sites is 1. The summed E-state index contributed by atoms with van der Waals surface area (Å²) in [6, 6.07) is 8.01. The highest BCUT2D eigenvalue weighted by molar-refractivity contribution is 5.88. The van der Waals surface area contributed by atoms with E-state index >= 15 is 0 Å². The van der Waals surface area contributed by atoms with Gasteiger partial charge in [0.15, 0.2) is 0 Å². The number of rotatable bonds is 3. The van der Waals surface area contributed by atoms with Crippen LogP contribution in [0.3, 0.4) is 0 Å². The van der Waals surface area contributed by atoms with Crippen LogP contribution in [0, 0.1) is 0 Å². The molecule has 1 aliphatic heterocycles. The fraction of sp³-hybridized carbons (Fsp3) is 0.357. The standard InChI is InChI=1S/C14H17N3O2/c15-19-11-5-6-17(9-11)14(18)7-10-8-16-13-4-2-1-3-12(10)13/h1-4,8,11,16H,5-7,9,15H2. The van der Waals surface area contributed by atoms with Crippen LogP contribution in [0.2, 0.25) is 0 Å². The molecule has 5 heteroatoms. The van der Waals surface area contributed by atoms with Gasteiger partial charge in [0.05, 0.1) is 12.5 Å². The van der Waals surface area contributed by atoms with Gasteiger partial charge in [-0.3, -0.25) is 9.63 Å². The summed E-state index contributed by atoms with van der Waals surface area (Å²) in [4.78, 5) is 22.0. The molecule has 0 aliphatic carbocycles. The number of benzene rings is 1. The van der Waals surface area contributed by atoms with Crippen molar-refractivity contribution in [3.8, 4) is 0 Å². The molecule has 0 radical (unpaired) electrons. The minimum atomic E-state index is -0.0214. The second-order valence-electron chi connectivity index (χ2n) is 4.92. The first-order chi connectivity index (χ1) is 9.28. The molecule has 1 saturated heterocycles. The van der Waals surface area contributed by atoms with E-state index in [9.17, 15) is 4.79 Å². The van der Waals surface area contributed by atoms with Crippen molar-refractivity contribution in [3.63, 3.8) is 0 Å². The van der Waals surface area contributed by atoms with E-state index in [0.717, 1.165) is 29.4 Å². The Morgan fingerprint density at radius 2 is 2.32 bits per heavy atom. The van der Waals surface area contributed by atoms with Gasteiger partial charge in [-0.05, 0) is 18.1 Å². The number of aromatic amines is 1. The van der Waals surface area contributed by atoms with Gasteiger partial charge < -0.3 is 9.88 Å². The third-order valence-electron chi connectivity index (χ3n) is 3.71. The summed E-state index contributed by atoms with van der Waals surface area (Å²) < 4.78 is 0. The van der Waals surface area contributed by atoms with E-state index in [2.05, 4.69) is 4.98 Å². The molecule has 5 nitrogen and oxygen atoms in total. The maximum Gasteiger partial charge on any atom is 0.227 e. The molecule has 0 spiro atoms. The van der Waals surface area contributed by atoms with Crippen LogP contribution in [0.5, 0.6) is 0 Å². The van der Waals surface area contributed by atoms with Gasteiger partial charge >= 0.3 is 0 Å². The van der Waals surface area contributed by atoms with Crippen molar-refractivity contribution >= 4 is 16.8 Å². The van der Waals surface area contributed by atoms with E-state index in [-0.39, 0.29) is 12.0 Å². The third-order valence-corrected chi connectivity index (χ3v) is 3.71. The number of H-pyrrole nitrogens is 1. The summed E-state index contributed by atoms with van der Waals surface area (Å²) in [7, 11) is 0. The number of aromatic nitrogens is 1. The van der Waals surface area contributed by atoms with Crippen molar-refractivity contribution in [2.45, 2.75) is 18.9 Å². The molecule has 0 saturated carbocycles. The maximum absolute atomic E-state index is 12.2. The zero-order chi connectivity index (χ0) is 13.2. The number of likely N-dealkylation sites (tertiary alicyclic amines) is 1. The molecule has 1 aromatic heterocycles. The van der Waals surface area contributed by atoms with Crippen molar-refractivity contribution in [2.24, 2.45) is 5.90 Å². The molecule has 3 rings (SSSR count). The molecule has 1 atom stereocenters. The summed E-state index contributed by atoms with van der Waals surface area (Å²) in [6.07, 6.45) is 3.12. The maximum atomic E-state index is 12.2. The van der Waals surface area contributed by atoms with Crippen LogP contribution in [0.15, 0.2) is 30.5 Å². The number of nitrogens with zero attached hydrogens (tertiary/aromatic N) is 1. The first kappa shape index (κ1) is 12.2. The van der Waals surface area contributed by atoms with Gasteiger partial charge in [0.2, 0.25) is 5.91 Å². The van der Waals surface area contributed by atoms with Crippen LogP contribution < -0.4 is 5.90 Å². The average molecular weight is 259 g/mol. The van der Waals surface area contributed by atoms with Gasteiger partial charge in [-0.1, -0.05) is 18.2 Å². The van der Waals surface area contributed by atoms with Gasteiger partial charge in [0.1, 0.15) is 0 Å². The van der Waals surface area contributed by atoms with Crippen molar-refractivity contribution < 1.29 is 9.63 Å². The number of hydrogen-bond acceptors (Lipinski definition) is 3. The molecule has 3 N–H and O–H groups in total. The molecule has 19 heavy (non-hydrogen) atoms. The van der Waals surface area contributed by atoms with Crippen molar-refractivity contribution in [3.05, 3.63) is 36.0 Å². The van der Waals surface area contributed by atoms with Crippen molar-refractivity contribution in [1.29, 1.82) is 0 Å². The van der Waals surface area contributed by atoms with Crippen LogP contribution in [0.4, 0.5) is 0 Å². The molecule has 1 fully saturated rings. The van der Waals surface area contributed by atoms with E-state index in [4.69, 9.17) is 10.7 Å². The SMILES string of the molecule is NOC1CCN(C(=O)Cc2c[nH]c3ccccc23)C1. The van der Waals surface area contributed by atoms with Crippen LogP contribution >= 0.6 is 0 Å². The first-order valence-corrected chi connectivity index (χ1v) is 6.46. The highest BCUT2D eigenvalue weighted by Crippen LogP contribution is 2.20. The highest BCUT2D eigenvalue weighted by atomic mass is 16.6. The van der Waals surface area contributed by atoms with Gasteiger partial charge in [0.25, 0.3) is 0 Å². The number of carbonyl (C=O) groups excluding carboxylic acids is 1. The number of nitrogens with one attached hydrogen (secondary N) is 1. The van der Waals surface area contributed by atoms with Crippen molar-refractivity contribution in [1.82, 2.24) is 9.88 Å². The molecule has 0 bridgehead atoms. The largest absolute Gasteiger partial charge is 0.361 e. The topological polar surface area (TPSA) is 71.3 Å². The molecule has 2 heterocycles. The minimum Gasteiger partial charge on any atom is -0.361 e. The lowest BCUT2D eigenvalue weighted by atomic mass is 10.1. The van der Waals surface area contributed by atoms with Crippen LogP contribution in [-0.2, 0) is 16.1 Å².